The second-order valence-electron chi connectivity index (χ2n) is 7.01. The zero-order chi connectivity index (χ0) is 14.3. The van der Waals surface area contributed by atoms with E-state index in [9.17, 15) is 9.90 Å². The molecule has 0 atom stereocenters. The number of hydrogen-bond acceptors (Lipinski definition) is 4. The molecule has 1 aliphatic carbocycles. The first-order chi connectivity index (χ1) is 8.65. The number of piperidine rings is 1. The minimum Gasteiger partial charge on any atom is -0.444 e. The van der Waals surface area contributed by atoms with Gasteiger partial charge in [-0.3, -0.25) is 0 Å². The number of aliphatic hydroxyl groups is 1. The number of nitrogens with two attached hydrogens (primary N) is 1. The number of rotatable bonds is 1. The molecular weight excluding hydrogens is 244 g/mol. The molecule has 0 bridgehead atoms. The van der Waals surface area contributed by atoms with E-state index < -0.39 is 16.7 Å². The Morgan fingerprint density at radius 3 is 2.11 bits per heavy atom. The summed E-state index contributed by atoms with van der Waals surface area (Å²) >= 11 is 0. The third-order valence-electron chi connectivity index (χ3n) is 4.41. The maximum Gasteiger partial charge on any atom is 0.410 e. The van der Waals surface area contributed by atoms with Crippen molar-refractivity contribution in [2.45, 2.75) is 69.6 Å². The molecule has 2 fully saturated rings. The summed E-state index contributed by atoms with van der Waals surface area (Å²) in [6.45, 7) is 6.60. The molecule has 1 amide bonds. The molecule has 0 aromatic carbocycles. The lowest BCUT2D eigenvalue weighted by Gasteiger charge is -2.53. The van der Waals surface area contributed by atoms with Gasteiger partial charge < -0.3 is 20.5 Å². The molecule has 1 aliphatic heterocycles. The highest BCUT2D eigenvalue weighted by molar-refractivity contribution is 5.68. The predicted molar refractivity (Wildman–Crippen MR) is 72.8 cm³/mol. The molecule has 0 aromatic heterocycles. The van der Waals surface area contributed by atoms with Crippen molar-refractivity contribution in [1.29, 1.82) is 0 Å². The summed E-state index contributed by atoms with van der Waals surface area (Å²) in [4.78, 5) is 13.6. The Hall–Kier alpha value is -0.810. The van der Waals surface area contributed by atoms with Crippen LogP contribution in [-0.4, -0.2) is 45.9 Å². The van der Waals surface area contributed by atoms with Gasteiger partial charge in [0.1, 0.15) is 5.60 Å². The minimum atomic E-state index is -0.816. The van der Waals surface area contributed by atoms with Crippen LogP contribution < -0.4 is 5.73 Å². The molecule has 0 unspecified atom stereocenters. The molecule has 3 N–H and O–H groups in total. The van der Waals surface area contributed by atoms with Crippen molar-refractivity contribution in [3.05, 3.63) is 0 Å². The third kappa shape index (κ3) is 2.87. The van der Waals surface area contributed by atoms with Crippen LogP contribution >= 0.6 is 0 Å². The Kier molecular flexibility index (Phi) is 3.56. The third-order valence-corrected chi connectivity index (χ3v) is 4.41. The van der Waals surface area contributed by atoms with Crippen LogP contribution in [0.2, 0.25) is 0 Å². The van der Waals surface area contributed by atoms with Gasteiger partial charge in [0.05, 0.1) is 5.60 Å². The summed E-state index contributed by atoms with van der Waals surface area (Å²) in [5, 5.41) is 10.7. The quantitative estimate of drug-likeness (QED) is 0.759. The first-order valence-electron chi connectivity index (χ1n) is 7.14. The van der Waals surface area contributed by atoms with Crippen molar-refractivity contribution >= 4 is 6.09 Å². The van der Waals surface area contributed by atoms with Gasteiger partial charge in [0.25, 0.3) is 0 Å². The summed E-state index contributed by atoms with van der Waals surface area (Å²) in [6.07, 6.45) is 3.65. The molecule has 0 spiro atoms. The highest BCUT2D eigenvalue weighted by atomic mass is 16.6. The lowest BCUT2D eigenvalue weighted by Crippen LogP contribution is -2.67. The molecule has 5 nitrogen and oxygen atoms in total. The van der Waals surface area contributed by atoms with Gasteiger partial charge in [-0.15, -0.1) is 0 Å². The molecule has 5 heteroatoms. The van der Waals surface area contributed by atoms with E-state index in [-0.39, 0.29) is 6.09 Å². The summed E-state index contributed by atoms with van der Waals surface area (Å²) < 4.78 is 5.35. The summed E-state index contributed by atoms with van der Waals surface area (Å²) in [5.41, 5.74) is 4.52. The molecule has 0 radical (unpaired) electrons. The molecule has 1 saturated carbocycles. The van der Waals surface area contributed by atoms with Gasteiger partial charge in [0, 0.05) is 18.6 Å². The van der Waals surface area contributed by atoms with E-state index in [0.717, 1.165) is 19.3 Å². The molecule has 2 aliphatic rings. The van der Waals surface area contributed by atoms with Crippen LogP contribution in [-0.2, 0) is 4.74 Å². The van der Waals surface area contributed by atoms with E-state index in [1.165, 1.54) is 0 Å². The highest BCUT2D eigenvalue weighted by Gasteiger charge is 2.52. The van der Waals surface area contributed by atoms with E-state index in [2.05, 4.69) is 0 Å². The number of hydrogen-bond donors (Lipinski definition) is 2. The Labute approximate surface area is 115 Å². The number of ether oxygens (including phenoxy) is 1. The fraction of sp³-hybridized carbons (Fsp3) is 0.929. The molecule has 1 saturated heterocycles. The van der Waals surface area contributed by atoms with Gasteiger partial charge in [0.2, 0.25) is 0 Å². The summed E-state index contributed by atoms with van der Waals surface area (Å²) in [5.74, 6) is 0. The van der Waals surface area contributed by atoms with Crippen molar-refractivity contribution in [1.82, 2.24) is 4.90 Å². The SMILES string of the molecule is CC(C)(C)OC(=O)N1CCC(O)(C2(N)CCC2)CC1. The van der Waals surface area contributed by atoms with Crippen LogP contribution in [0.1, 0.15) is 52.9 Å². The van der Waals surface area contributed by atoms with Crippen LogP contribution in [0, 0.1) is 0 Å². The van der Waals surface area contributed by atoms with Crippen LogP contribution in [0.25, 0.3) is 0 Å². The van der Waals surface area contributed by atoms with Gasteiger partial charge in [-0.25, -0.2) is 4.79 Å². The van der Waals surface area contributed by atoms with Crippen LogP contribution in [0.15, 0.2) is 0 Å². The lowest BCUT2D eigenvalue weighted by atomic mass is 9.63. The van der Waals surface area contributed by atoms with E-state index in [1.54, 1.807) is 4.90 Å². The number of nitrogens with zero attached hydrogens (tertiary/aromatic N) is 1. The molecule has 110 valence electrons. The number of carbonyl (C=O) groups excluding carboxylic acids is 1. The molecule has 0 aromatic rings. The summed E-state index contributed by atoms with van der Waals surface area (Å²) in [7, 11) is 0. The van der Waals surface area contributed by atoms with Gasteiger partial charge in [-0.05, 0) is 52.9 Å². The van der Waals surface area contributed by atoms with Gasteiger partial charge in [-0.2, -0.15) is 0 Å². The van der Waals surface area contributed by atoms with Crippen molar-refractivity contribution in [2.75, 3.05) is 13.1 Å². The van der Waals surface area contributed by atoms with Gasteiger partial charge in [0.15, 0.2) is 0 Å². The topological polar surface area (TPSA) is 75.8 Å². The number of amides is 1. The highest BCUT2D eigenvalue weighted by Crippen LogP contribution is 2.43. The molecular formula is C14H26N2O3. The lowest BCUT2D eigenvalue weighted by molar-refractivity contribution is -0.106. The average Bonchev–Trinajstić information content (AvgIpc) is 2.24. The number of likely N-dealkylation sites (tertiary alicyclic amines) is 1. The van der Waals surface area contributed by atoms with Crippen LogP contribution in [0.4, 0.5) is 4.79 Å². The van der Waals surface area contributed by atoms with Crippen molar-refractivity contribution in [3.63, 3.8) is 0 Å². The van der Waals surface area contributed by atoms with E-state index >= 15 is 0 Å². The van der Waals surface area contributed by atoms with Crippen molar-refractivity contribution < 1.29 is 14.6 Å². The van der Waals surface area contributed by atoms with E-state index in [0.29, 0.717) is 25.9 Å². The Balaban J connectivity index is 1.90. The van der Waals surface area contributed by atoms with Crippen molar-refractivity contribution in [3.8, 4) is 0 Å². The Bertz CT molecular complexity index is 350. The zero-order valence-corrected chi connectivity index (χ0v) is 12.2. The predicted octanol–water partition coefficient (Wildman–Crippen LogP) is 1.63. The fourth-order valence-corrected chi connectivity index (χ4v) is 2.91. The zero-order valence-electron chi connectivity index (χ0n) is 12.2. The molecule has 2 rings (SSSR count). The standard InChI is InChI=1S/C14H26N2O3/c1-12(2,3)19-11(17)16-9-7-14(18,8-10-16)13(15)5-4-6-13/h18H,4-10,15H2,1-3H3. The molecule has 1 heterocycles. The van der Waals surface area contributed by atoms with Crippen LogP contribution in [0.3, 0.4) is 0 Å². The molecule has 19 heavy (non-hydrogen) atoms. The van der Waals surface area contributed by atoms with Crippen molar-refractivity contribution in [2.24, 2.45) is 5.73 Å². The normalized spacial score (nSPS) is 25.6. The fourth-order valence-electron chi connectivity index (χ4n) is 2.91. The van der Waals surface area contributed by atoms with E-state index in [4.69, 9.17) is 10.5 Å². The largest absolute Gasteiger partial charge is 0.444 e. The van der Waals surface area contributed by atoms with E-state index in [1.807, 2.05) is 20.8 Å². The first kappa shape index (κ1) is 14.6. The monoisotopic (exact) mass is 270 g/mol. The average molecular weight is 270 g/mol. The summed E-state index contributed by atoms with van der Waals surface area (Å²) in [6, 6.07) is 0. The maximum absolute atomic E-state index is 11.9. The Morgan fingerprint density at radius 2 is 1.74 bits per heavy atom. The number of carbonyl (C=O) groups is 1. The van der Waals surface area contributed by atoms with Crippen LogP contribution in [0.5, 0.6) is 0 Å². The minimum absolute atomic E-state index is 0.297. The smallest absolute Gasteiger partial charge is 0.410 e. The maximum atomic E-state index is 11.9. The Morgan fingerprint density at radius 1 is 1.21 bits per heavy atom. The van der Waals surface area contributed by atoms with Gasteiger partial charge in [-0.1, -0.05) is 0 Å². The second kappa shape index (κ2) is 4.63. The van der Waals surface area contributed by atoms with Gasteiger partial charge >= 0.3 is 6.09 Å². The first-order valence-corrected chi connectivity index (χ1v) is 7.14. The second-order valence-corrected chi connectivity index (χ2v) is 7.01.